The molecule has 0 fully saturated rings. The highest BCUT2D eigenvalue weighted by atomic mass is 14.9. The van der Waals surface area contributed by atoms with Gasteiger partial charge < -0.3 is 0 Å². The number of hydrogen-bond acceptors (Lipinski definition) is 1. The molecular formula is C16H15N2+. The van der Waals surface area contributed by atoms with E-state index in [1.165, 1.54) is 22.0 Å². The Morgan fingerprint density at radius 2 is 1.78 bits per heavy atom. The molecule has 0 N–H and O–H groups in total. The van der Waals surface area contributed by atoms with E-state index in [0.717, 1.165) is 5.69 Å². The number of hydrogen-bond donors (Lipinski definition) is 0. The molecule has 3 rings (SSSR count). The highest BCUT2D eigenvalue weighted by Gasteiger charge is 2.13. The Morgan fingerprint density at radius 3 is 2.56 bits per heavy atom. The van der Waals surface area contributed by atoms with E-state index < -0.39 is 0 Å². The second kappa shape index (κ2) is 4.22. The van der Waals surface area contributed by atoms with Crippen LogP contribution in [0.4, 0.5) is 0 Å². The normalized spacial score (nSPS) is 10.8. The Hall–Kier alpha value is -2.22. The number of aryl methyl sites for hydroxylation is 2. The summed E-state index contributed by atoms with van der Waals surface area (Å²) in [5, 5.41) is 2.51. The highest BCUT2D eigenvalue weighted by molar-refractivity contribution is 5.83. The van der Waals surface area contributed by atoms with Gasteiger partial charge in [-0.1, -0.05) is 18.2 Å². The van der Waals surface area contributed by atoms with Gasteiger partial charge >= 0.3 is 0 Å². The lowest BCUT2D eigenvalue weighted by Crippen LogP contribution is -2.30. The molecule has 0 aliphatic rings. The Labute approximate surface area is 107 Å². The van der Waals surface area contributed by atoms with Crippen LogP contribution >= 0.6 is 0 Å². The zero-order valence-electron chi connectivity index (χ0n) is 10.6. The predicted molar refractivity (Wildman–Crippen MR) is 73.1 cm³/mol. The number of pyridine rings is 2. The summed E-state index contributed by atoms with van der Waals surface area (Å²) >= 11 is 0. The fourth-order valence-corrected chi connectivity index (χ4v) is 2.31. The molecule has 2 heterocycles. The van der Waals surface area contributed by atoms with Gasteiger partial charge in [-0.3, -0.25) is 4.98 Å². The summed E-state index contributed by atoms with van der Waals surface area (Å²) < 4.78 is 2.16. The molecule has 0 spiro atoms. The summed E-state index contributed by atoms with van der Waals surface area (Å²) in [6, 6.07) is 14.7. The van der Waals surface area contributed by atoms with Gasteiger partial charge in [0.25, 0.3) is 0 Å². The van der Waals surface area contributed by atoms with Crippen molar-refractivity contribution in [1.82, 2.24) is 4.98 Å². The SMILES string of the molecule is Cc1ncccc1-c1cc2ccccc2c[n+]1C. The molecule has 0 atom stereocenters. The van der Waals surface area contributed by atoms with Crippen LogP contribution in [0.2, 0.25) is 0 Å². The molecule has 0 aliphatic carbocycles. The average molecular weight is 235 g/mol. The van der Waals surface area contributed by atoms with E-state index in [0.29, 0.717) is 0 Å². The number of nitrogens with zero attached hydrogens (tertiary/aromatic N) is 2. The van der Waals surface area contributed by atoms with Crippen LogP contribution in [-0.2, 0) is 7.05 Å². The van der Waals surface area contributed by atoms with Gasteiger partial charge in [-0.2, -0.15) is 0 Å². The van der Waals surface area contributed by atoms with Gasteiger partial charge in [0.15, 0.2) is 6.20 Å². The van der Waals surface area contributed by atoms with Crippen LogP contribution in [0.1, 0.15) is 5.69 Å². The topological polar surface area (TPSA) is 16.8 Å². The number of rotatable bonds is 1. The largest absolute Gasteiger partial charge is 0.261 e. The molecule has 2 nitrogen and oxygen atoms in total. The summed E-state index contributed by atoms with van der Waals surface area (Å²) in [7, 11) is 2.08. The van der Waals surface area contributed by atoms with Crippen molar-refractivity contribution in [2.75, 3.05) is 0 Å². The molecular weight excluding hydrogens is 220 g/mol. The molecule has 0 saturated heterocycles. The van der Waals surface area contributed by atoms with E-state index in [2.05, 4.69) is 59.2 Å². The average Bonchev–Trinajstić information content (AvgIpc) is 2.39. The van der Waals surface area contributed by atoms with Gasteiger partial charge in [-0.15, -0.1) is 0 Å². The lowest BCUT2D eigenvalue weighted by atomic mass is 10.1. The minimum atomic E-state index is 1.06. The minimum Gasteiger partial charge on any atom is -0.261 e. The zero-order valence-corrected chi connectivity index (χ0v) is 10.6. The van der Waals surface area contributed by atoms with E-state index in [1.54, 1.807) is 0 Å². The summed E-state index contributed by atoms with van der Waals surface area (Å²) in [4.78, 5) is 4.36. The molecule has 0 radical (unpaired) electrons. The third-order valence-corrected chi connectivity index (χ3v) is 3.28. The van der Waals surface area contributed by atoms with Gasteiger partial charge in [-0.05, 0) is 30.5 Å². The number of aromatic nitrogens is 2. The van der Waals surface area contributed by atoms with E-state index in [4.69, 9.17) is 0 Å². The Balaban J connectivity index is 2.30. The van der Waals surface area contributed by atoms with Crippen LogP contribution in [0, 0.1) is 6.92 Å². The zero-order chi connectivity index (χ0) is 12.5. The maximum Gasteiger partial charge on any atom is 0.214 e. The van der Waals surface area contributed by atoms with Crippen molar-refractivity contribution < 1.29 is 4.57 Å². The standard InChI is InChI=1S/C16H15N2/c1-12-15(8-5-9-17-12)16-10-13-6-3-4-7-14(13)11-18(16)2/h3-11H,1-2H3/q+1. The Bertz CT molecular complexity index is 717. The van der Waals surface area contributed by atoms with Crippen molar-refractivity contribution >= 4 is 10.8 Å². The third kappa shape index (κ3) is 1.76. The molecule has 1 aromatic carbocycles. The molecule has 0 bridgehead atoms. The second-order valence-corrected chi connectivity index (χ2v) is 4.53. The van der Waals surface area contributed by atoms with Crippen molar-refractivity contribution in [2.45, 2.75) is 6.92 Å². The fraction of sp³-hybridized carbons (Fsp3) is 0.125. The first-order valence-corrected chi connectivity index (χ1v) is 6.06. The number of benzene rings is 1. The molecule has 2 heteroatoms. The van der Waals surface area contributed by atoms with Crippen molar-refractivity contribution in [1.29, 1.82) is 0 Å². The van der Waals surface area contributed by atoms with Crippen LogP contribution in [0.5, 0.6) is 0 Å². The lowest BCUT2D eigenvalue weighted by Gasteiger charge is -2.04. The van der Waals surface area contributed by atoms with Gasteiger partial charge in [0.1, 0.15) is 7.05 Å². The van der Waals surface area contributed by atoms with E-state index in [-0.39, 0.29) is 0 Å². The van der Waals surface area contributed by atoms with Crippen LogP contribution in [0.15, 0.2) is 54.9 Å². The van der Waals surface area contributed by atoms with Gasteiger partial charge in [0.2, 0.25) is 5.69 Å². The monoisotopic (exact) mass is 235 g/mol. The highest BCUT2D eigenvalue weighted by Crippen LogP contribution is 2.21. The predicted octanol–water partition coefficient (Wildman–Crippen LogP) is 3.03. The van der Waals surface area contributed by atoms with Crippen LogP contribution in [-0.4, -0.2) is 4.98 Å². The maximum atomic E-state index is 4.36. The molecule has 0 unspecified atom stereocenters. The van der Waals surface area contributed by atoms with Crippen LogP contribution in [0.3, 0.4) is 0 Å². The summed E-state index contributed by atoms with van der Waals surface area (Å²) in [5.74, 6) is 0. The lowest BCUT2D eigenvalue weighted by molar-refractivity contribution is -0.659. The first kappa shape index (κ1) is 10.9. The van der Waals surface area contributed by atoms with Crippen molar-refractivity contribution in [3.8, 4) is 11.3 Å². The van der Waals surface area contributed by atoms with Crippen molar-refractivity contribution in [2.24, 2.45) is 7.05 Å². The van der Waals surface area contributed by atoms with Crippen LogP contribution < -0.4 is 4.57 Å². The first-order chi connectivity index (χ1) is 8.75. The van der Waals surface area contributed by atoms with Crippen molar-refractivity contribution in [3.05, 3.63) is 60.6 Å². The molecule has 0 saturated carbocycles. The first-order valence-electron chi connectivity index (χ1n) is 6.06. The quantitative estimate of drug-likeness (QED) is 0.592. The summed E-state index contributed by atoms with van der Waals surface area (Å²) in [6.07, 6.45) is 4.00. The van der Waals surface area contributed by atoms with E-state index in [1.807, 2.05) is 19.2 Å². The maximum absolute atomic E-state index is 4.36. The van der Waals surface area contributed by atoms with Gasteiger partial charge in [0, 0.05) is 17.6 Å². The van der Waals surface area contributed by atoms with Crippen LogP contribution in [0.25, 0.3) is 22.0 Å². The Kier molecular flexibility index (Phi) is 2.56. The Morgan fingerprint density at radius 1 is 1.00 bits per heavy atom. The molecule has 2 aromatic heterocycles. The van der Waals surface area contributed by atoms with Crippen molar-refractivity contribution in [3.63, 3.8) is 0 Å². The van der Waals surface area contributed by atoms with Gasteiger partial charge in [-0.25, -0.2) is 4.57 Å². The minimum absolute atomic E-state index is 1.06. The van der Waals surface area contributed by atoms with E-state index in [9.17, 15) is 0 Å². The third-order valence-electron chi connectivity index (χ3n) is 3.28. The summed E-state index contributed by atoms with van der Waals surface area (Å²) in [6.45, 7) is 2.05. The van der Waals surface area contributed by atoms with Gasteiger partial charge in [0.05, 0.1) is 11.3 Å². The second-order valence-electron chi connectivity index (χ2n) is 4.53. The smallest absolute Gasteiger partial charge is 0.214 e. The molecule has 0 amide bonds. The molecule has 0 aliphatic heterocycles. The molecule has 88 valence electrons. The number of fused-ring (bicyclic) bond motifs is 1. The molecule has 18 heavy (non-hydrogen) atoms. The fourth-order valence-electron chi connectivity index (χ4n) is 2.31. The molecule has 3 aromatic rings. The van der Waals surface area contributed by atoms with E-state index >= 15 is 0 Å². The summed E-state index contributed by atoms with van der Waals surface area (Å²) in [5.41, 5.74) is 3.44.